The van der Waals surface area contributed by atoms with E-state index in [4.69, 9.17) is 11.5 Å². The molecule has 1 aromatic carbocycles. The van der Waals surface area contributed by atoms with E-state index in [2.05, 4.69) is 36.9 Å². The number of hydrogen-bond donors (Lipinski definition) is 12. The number of H-pyrrole nitrogens is 1. The Bertz CT molecular complexity index is 1880. The zero-order chi connectivity index (χ0) is 44.1. The molecular formula is C37H54N10O12. The summed E-state index contributed by atoms with van der Waals surface area (Å²) in [7, 11) is 0. The van der Waals surface area contributed by atoms with Gasteiger partial charge in [0.2, 0.25) is 47.3 Å². The van der Waals surface area contributed by atoms with E-state index in [1.807, 2.05) is 0 Å². The van der Waals surface area contributed by atoms with Gasteiger partial charge in [0.05, 0.1) is 25.7 Å². The number of primary amides is 1. The van der Waals surface area contributed by atoms with Crippen LogP contribution in [0.15, 0.2) is 30.5 Å². The summed E-state index contributed by atoms with van der Waals surface area (Å²) in [6.45, 7) is 4.22. The van der Waals surface area contributed by atoms with E-state index in [1.165, 1.54) is 18.7 Å². The molecule has 2 heterocycles. The monoisotopic (exact) mass is 830 g/mol. The van der Waals surface area contributed by atoms with Crippen LogP contribution in [-0.4, -0.2) is 147 Å². The minimum Gasteiger partial charge on any atom is -0.480 e. The first-order valence-electron chi connectivity index (χ1n) is 19.0. The minimum atomic E-state index is -1.75. The normalized spacial score (nSPS) is 17.4. The molecule has 22 nitrogen and oxygen atoms in total. The molecule has 324 valence electrons. The van der Waals surface area contributed by atoms with Crippen LogP contribution in [0.1, 0.15) is 52.5 Å². The van der Waals surface area contributed by atoms with E-state index in [-0.39, 0.29) is 6.42 Å². The smallest absolute Gasteiger partial charge is 0.328 e. The third-order valence-electron chi connectivity index (χ3n) is 9.61. The molecule has 1 aromatic heterocycles. The Morgan fingerprint density at radius 3 is 1.95 bits per heavy atom. The van der Waals surface area contributed by atoms with E-state index in [9.17, 15) is 58.5 Å². The molecule has 0 radical (unpaired) electrons. The number of carboxylic acids is 1. The Kier molecular flexibility index (Phi) is 17.3. The predicted octanol–water partition coefficient (Wildman–Crippen LogP) is -4.42. The van der Waals surface area contributed by atoms with Gasteiger partial charge in [-0.15, -0.1) is 0 Å². The van der Waals surface area contributed by atoms with Crippen LogP contribution in [-0.2, 0) is 49.6 Å². The van der Waals surface area contributed by atoms with E-state index < -0.39 is 127 Å². The summed E-state index contributed by atoms with van der Waals surface area (Å²) in [5.41, 5.74) is 12.3. The van der Waals surface area contributed by atoms with Crippen molar-refractivity contribution in [2.45, 2.75) is 102 Å². The number of carboxylic acid groups (broad SMARTS) is 1. The Balaban J connectivity index is 1.72. The van der Waals surface area contributed by atoms with Crippen LogP contribution in [0, 0.1) is 5.92 Å². The number of aliphatic hydroxyl groups is 2. The Hall–Kier alpha value is -6.13. The van der Waals surface area contributed by atoms with Crippen molar-refractivity contribution in [1.29, 1.82) is 0 Å². The number of nitrogens with two attached hydrogens (primary N) is 2. The number of aliphatic carboxylic acids is 1. The van der Waals surface area contributed by atoms with Crippen LogP contribution in [0.4, 0.5) is 0 Å². The minimum absolute atomic E-state index is 0.144. The maximum absolute atomic E-state index is 13.7. The summed E-state index contributed by atoms with van der Waals surface area (Å²) >= 11 is 0. The van der Waals surface area contributed by atoms with E-state index in [1.54, 1.807) is 44.3 Å². The van der Waals surface area contributed by atoms with Gasteiger partial charge in [-0.1, -0.05) is 32.0 Å². The maximum atomic E-state index is 13.7. The lowest BCUT2D eigenvalue weighted by molar-refractivity contribution is -0.143. The fourth-order valence-electron chi connectivity index (χ4n) is 6.35. The molecule has 0 saturated carbocycles. The van der Waals surface area contributed by atoms with Gasteiger partial charge in [-0.25, -0.2) is 4.79 Å². The van der Waals surface area contributed by atoms with Gasteiger partial charge >= 0.3 is 5.97 Å². The molecular weight excluding hydrogens is 776 g/mol. The highest BCUT2D eigenvalue weighted by Gasteiger charge is 2.38. The summed E-state index contributed by atoms with van der Waals surface area (Å²) in [5.74, 6) is -9.29. The van der Waals surface area contributed by atoms with E-state index in [0.717, 1.165) is 5.52 Å². The van der Waals surface area contributed by atoms with Crippen LogP contribution < -0.4 is 43.4 Å². The largest absolute Gasteiger partial charge is 0.480 e. The number of likely N-dealkylation sites (tertiary alicyclic amines) is 1. The van der Waals surface area contributed by atoms with E-state index in [0.29, 0.717) is 30.3 Å². The van der Waals surface area contributed by atoms with Crippen molar-refractivity contribution in [2.75, 3.05) is 19.8 Å². The number of nitrogens with zero attached hydrogens (tertiary/aromatic N) is 1. The molecule has 2 aromatic rings. The second-order valence-corrected chi connectivity index (χ2v) is 14.6. The zero-order valence-electron chi connectivity index (χ0n) is 33.2. The number of aromatic nitrogens is 1. The average molecular weight is 831 g/mol. The summed E-state index contributed by atoms with van der Waals surface area (Å²) in [6.07, 6.45) is 1.57. The number of rotatable bonds is 21. The van der Waals surface area contributed by atoms with Crippen molar-refractivity contribution in [2.24, 2.45) is 17.4 Å². The highest BCUT2D eigenvalue weighted by Crippen LogP contribution is 2.20. The lowest BCUT2D eigenvalue weighted by Crippen LogP contribution is -2.61. The highest BCUT2D eigenvalue weighted by atomic mass is 16.4. The van der Waals surface area contributed by atoms with Crippen molar-refractivity contribution in [1.82, 2.24) is 41.8 Å². The predicted molar refractivity (Wildman–Crippen MR) is 208 cm³/mol. The molecule has 8 atom stereocenters. The topological polar surface area (TPSA) is 358 Å². The summed E-state index contributed by atoms with van der Waals surface area (Å²) < 4.78 is 0. The number of fused-ring (bicyclic) bond motifs is 1. The van der Waals surface area contributed by atoms with Gasteiger partial charge in [0.1, 0.15) is 42.3 Å². The molecule has 1 aliphatic rings. The van der Waals surface area contributed by atoms with Crippen LogP contribution >= 0.6 is 0 Å². The lowest BCUT2D eigenvalue weighted by atomic mass is 10.00. The molecule has 3 rings (SSSR count). The van der Waals surface area contributed by atoms with Crippen LogP contribution in [0.25, 0.3) is 10.9 Å². The average Bonchev–Trinajstić information content (AvgIpc) is 3.84. The molecule has 1 fully saturated rings. The van der Waals surface area contributed by atoms with Crippen LogP contribution in [0.2, 0.25) is 0 Å². The zero-order valence-corrected chi connectivity index (χ0v) is 33.2. The van der Waals surface area contributed by atoms with Gasteiger partial charge < -0.3 is 68.6 Å². The van der Waals surface area contributed by atoms with Gasteiger partial charge in [-0.2, -0.15) is 0 Å². The number of carbonyl (C=O) groups is 9. The summed E-state index contributed by atoms with van der Waals surface area (Å²) in [4.78, 5) is 120. The molecule has 1 aliphatic heterocycles. The molecule has 0 bridgehead atoms. The molecule has 22 heteroatoms. The molecule has 0 aliphatic carbocycles. The van der Waals surface area contributed by atoms with Crippen LogP contribution in [0.5, 0.6) is 0 Å². The van der Waals surface area contributed by atoms with Crippen molar-refractivity contribution < 1.29 is 58.5 Å². The Labute approximate surface area is 338 Å². The number of aromatic amines is 1. The van der Waals surface area contributed by atoms with Crippen molar-refractivity contribution in [3.63, 3.8) is 0 Å². The first kappa shape index (κ1) is 47.2. The van der Waals surface area contributed by atoms with Gasteiger partial charge in [0.15, 0.2) is 0 Å². The number of carbonyl (C=O) groups excluding carboxylic acids is 8. The van der Waals surface area contributed by atoms with Gasteiger partial charge in [-0.05, 0) is 44.2 Å². The van der Waals surface area contributed by atoms with Crippen molar-refractivity contribution in [3.8, 4) is 0 Å². The summed E-state index contributed by atoms with van der Waals surface area (Å²) in [5, 5.41) is 43.8. The highest BCUT2D eigenvalue weighted by molar-refractivity contribution is 5.99. The van der Waals surface area contributed by atoms with Gasteiger partial charge in [0.25, 0.3) is 0 Å². The number of para-hydroxylation sites is 1. The number of hydrogen-bond acceptors (Lipinski definition) is 12. The molecule has 0 spiro atoms. The van der Waals surface area contributed by atoms with Crippen molar-refractivity contribution >= 4 is 64.1 Å². The third-order valence-corrected chi connectivity index (χ3v) is 9.61. The molecule has 59 heavy (non-hydrogen) atoms. The Morgan fingerprint density at radius 2 is 1.36 bits per heavy atom. The van der Waals surface area contributed by atoms with E-state index >= 15 is 0 Å². The number of aliphatic hydroxyl groups excluding tert-OH is 2. The van der Waals surface area contributed by atoms with Gasteiger partial charge in [0, 0.05) is 30.1 Å². The maximum Gasteiger partial charge on any atom is 0.328 e. The Morgan fingerprint density at radius 1 is 0.780 bits per heavy atom. The SMILES string of the molecule is CC(C)[C@H](NC(=O)[C@H](CO)NC(=O)[C@H](CC(N)=O)NC(=O)[C@H](C)NC(=O)[C@@H]1CCCN1C(=O)[C@H](C)N)C(=O)N[C@@H](Cc1c[nH]c2ccccc12)C(=O)N[C@@H](CO)C(=O)O. The second-order valence-electron chi connectivity index (χ2n) is 14.6. The number of benzene rings is 1. The third kappa shape index (κ3) is 12.9. The van der Waals surface area contributed by atoms with Gasteiger partial charge in [-0.3, -0.25) is 38.4 Å². The first-order valence-corrected chi connectivity index (χ1v) is 19.0. The first-order chi connectivity index (χ1) is 27.8. The number of amides is 8. The standard InChI is InChI=1S/C37H54N10O12/c1-17(2)29(35(56)43-23(31(52)45-26(16-49)37(58)59)12-20-14-40-22-9-6-5-8-21(20)22)46-33(54)25(15-48)44-32(53)24(13-28(39)50)42-30(51)19(4)41-34(55)27-10-7-11-47(27)36(57)18(3)38/h5-6,8-9,14,17-19,23-27,29,40,48-49H,7,10-13,15-16,38H2,1-4H3,(H2,39,50)(H,41,55)(H,42,51)(H,43,56)(H,44,53)(H,45,52)(H,46,54)(H,58,59)/t18-,19-,23-,24-,25-,26-,27-,29-/m0/s1. The number of nitrogens with one attached hydrogen (secondary N) is 7. The quantitative estimate of drug-likeness (QED) is 0.0566. The summed E-state index contributed by atoms with van der Waals surface area (Å²) in [6, 6.07) is -3.87. The van der Waals surface area contributed by atoms with Crippen molar-refractivity contribution in [3.05, 3.63) is 36.0 Å². The van der Waals surface area contributed by atoms with Crippen LogP contribution in [0.3, 0.4) is 0 Å². The second kappa shape index (κ2) is 21.6. The molecule has 1 saturated heterocycles. The lowest BCUT2D eigenvalue weighted by Gasteiger charge is -2.28. The molecule has 14 N–H and O–H groups in total. The fourth-order valence-corrected chi connectivity index (χ4v) is 6.35. The molecule has 8 amide bonds. The molecule has 0 unspecified atom stereocenters. The fraction of sp³-hybridized carbons (Fsp3) is 0.541.